The molecule has 0 aliphatic rings. The Morgan fingerprint density at radius 3 is 1.45 bits per heavy atom. The number of rotatable bonds is 4. The molecule has 0 aliphatic carbocycles. The predicted octanol–water partition coefficient (Wildman–Crippen LogP) is 2.13. The van der Waals surface area contributed by atoms with Gasteiger partial charge in [0.2, 0.25) is 0 Å². The van der Waals surface area contributed by atoms with E-state index in [1.165, 1.54) is 13.0 Å². The molecule has 0 saturated carbocycles. The minimum atomic E-state index is 0. The molecular formula is C9H21LiN. The molecule has 0 aromatic heterocycles. The minimum Gasteiger partial charge on any atom is -0.299 e. The van der Waals surface area contributed by atoms with E-state index in [0.29, 0.717) is 12.1 Å². The van der Waals surface area contributed by atoms with E-state index < -0.39 is 0 Å². The largest absolute Gasteiger partial charge is 0.299 e. The maximum Gasteiger partial charge on any atom is 0.00412 e. The van der Waals surface area contributed by atoms with Gasteiger partial charge in [-0.15, -0.1) is 0 Å². The smallest absolute Gasteiger partial charge is 0.00412 e. The zero-order valence-corrected chi connectivity index (χ0v) is 9.02. The van der Waals surface area contributed by atoms with E-state index in [2.05, 4.69) is 39.5 Å². The number of hydrogen-bond donors (Lipinski definition) is 0. The van der Waals surface area contributed by atoms with Crippen molar-refractivity contribution in [1.29, 1.82) is 0 Å². The van der Waals surface area contributed by atoms with Crippen LogP contribution >= 0.6 is 0 Å². The Morgan fingerprint density at radius 2 is 1.36 bits per heavy atom. The summed E-state index contributed by atoms with van der Waals surface area (Å²) in [6, 6.07) is 1.39. The third kappa shape index (κ3) is 5.79. The summed E-state index contributed by atoms with van der Waals surface area (Å²) in [6.07, 6.45) is 1.26. The van der Waals surface area contributed by atoms with Gasteiger partial charge in [-0.2, -0.15) is 0 Å². The first-order chi connectivity index (χ1) is 4.59. The van der Waals surface area contributed by atoms with Gasteiger partial charge in [0.1, 0.15) is 0 Å². The average Bonchev–Trinajstić information content (AvgIpc) is 1.81. The molecule has 11 heavy (non-hydrogen) atoms. The van der Waals surface area contributed by atoms with Crippen LogP contribution in [0.4, 0.5) is 0 Å². The SMILES string of the molecule is CCCN(C(C)C)C(C)C.[Li]. The second-order valence-corrected chi connectivity index (χ2v) is 3.43. The summed E-state index contributed by atoms with van der Waals surface area (Å²) in [5.41, 5.74) is 0. The summed E-state index contributed by atoms with van der Waals surface area (Å²) in [5, 5.41) is 0. The number of nitrogens with zero attached hydrogens (tertiary/aromatic N) is 1. The first-order valence-electron chi connectivity index (χ1n) is 4.35. The molecule has 2 heteroatoms. The molecule has 0 N–H and O–H groups in total. The molecule has 0 heterocycles. The van der Waals surface area contributed by atoms with Gasteiger partial charge in [-0.1, -0.05) is 6.92 Å². The van der Waals surface area contributed by atoms with E-state index in [4.69, 9.17) is 0 Å². The van der Waals surface area contributed by atoms with Crippen LogP contribution in [0.5, 0.6) is 0 Å². The van der Waals surface area contributed by atoms with Crippen LogP contribution in [-0.4, -0.2) is 42.4 Å². The van der Waals surface area contributed by atoms with E-state index in [0.717, 1.165) is 0 Å². The monoisotopic (exact) mass is 150 g/mol. The third-order valence-corrected chi connectivity index (χ3v) is 1.81. The van der Waals surface area contributed by atoms with Crippen LogP contribution in [0.1, 0.15) is 41.0 Å². The Balaban J connectivity index is 0. The molecule has 1 radical (unpaired) electrons. The van der Waals surface area contributed by atoms with E-state index >= 15 is 0 Å². The molecule has 0 aromatic rings. The van der Waals surface area contributed by atoms with Gasteiger partial charge in [0.15, 0.2) is 0 Å². The minimum absolute atomic E-state index is 0. The maximum absolute atomic E-state index is 2.51. The zero-order chi connectivity index (χ0) is 8.15. The Kier molecular flexibility index (Phi) is 9.26. The van der Waals surface area contributed by atoms with Crippen LogP contribution in [0.15, 0.2) is 0 Å². The first kappa shape index (κ1) is 14.1. The fourth-order valence-electron chi connectivity index (χ4n) is 1.37. The fraction of sp³-hybridized carbons (Fsp3) is 1.00. The summed E-state index contributed by atoms with van der Waals surface area (Å²) in [4.78, 5) is 2.51. The number of hydrogen-bond acceptors (Lipinski definition) is 1. The topological polar surface area (TPSA) is 3.24 Å². The van der Waals surface area contributed by atoms with Gasteiger partial charge in [0.05, 0.1) is 0 Å². The molecule has 0 saturated heterocycles. The van der Waals surface area contributed by atoms with Gasteiger partial charge in [-0.05, 0) is 40.7 Å². The summed E-state index contributed by atoms with van der Waals surface area (Å²) in [5.74, 6) is 0. The van der Waals surface area contributed by atoms with Gasteiger partial charge >= 0.3 is 0 Å². The van der Waals surface area contributed by atoms with Crippen molar-refractivity contribution >= 4 is 18.9 Å². The standard InChI is InChI=1S/C9H21N.Li/c1-6-7-10(8(2)3)9(4)5;/h8-9H,6-7H2,1-5H3;. The van der Waals surface area contributed by atoms with E-state index in [1.54, 1.807) is 0 Å². The van der Waals surface area contributed by atoms with E-state index in [9.17, 15) is 0 Å². The van der Waals surface area contributed by atoms with Crippen LogP contribution in [0, 0.1) is 0 Å². The quantitative estimate of drug-likeness (QED) is 0.555. The summed E-state index contributed by atoms with van der Waals surface area (Å²) in [6.45, 7) is 12.5. The molecule has 0 aromatic carbocycles. The summed E-state index contributed by atoms with van der Waals surface area (Å²) >= 11 is 0. The molecule has 1 nitrogen and oxygen atoms in total. The molecule has 0 atom stereocenters. The molecule has 0 bridgehead atoms. The van der Waals surface area contributed by atoms with Crippen molar-refractivity contribution in [2.75, 3.05) is 6.54 Å². The summed E-state index contributed by atoms with van der Waals surface area (Å²) in [7, 11) is 0. The molecule has 0 spiro atoms. The normalized spacial score (nSPS) is 10.9. The van der Waals surface area contributed by atoms with Crippen LogP contribution in [0.2, 0.25) is 0 Å². The Morgan fingerprint density at radius 1 is 1.00 bits per heavy atom. The van der Waals surface area contributed by atoms with Gasteiger partial charge in [0.25, 0.3) is 0 Å². The molecule has 63 valence electrons. The van der Waals surface area contributed by atoms with Crippen molar-refractivity contribution in [3.63, 3.8) is 0 Å². The fourth-order valence-corrected chi connectivity index (χ4v) is 1.37. The van der Waals surface area contributed by atoms with Crippen molar-refractivity contribution < 1.29 is 0 Å². The van der Waals surface area contributed by atoms with Crippen molar-refractivity contribution in [3.8, 4) is 0 Å². The molecule has 0 unspecified atom stereocenters. The summed E-state index contributed by atoms with van der Waals surface area (Å²) < 4.78 is 0. The van der Waals surface area contributed by atoms with Crippen molar-refractivity contribution in [2.45, 2.75) is 53.1 Å². The average molecular weight is 150 g/mol. The molecule has 0 fully saturated rings. The Hall–Kier alpha value is 0.557. The van der Waals surface area contributed by atoms with Gasteiger partial charge in [0, 0.05) is 30.9 Å². The molecule has 0 rings (SSSR count). The predicted molar refractivity (Wildman–Crippen MR) is 53.0 cm³/mol. The second kappa shape index (κ2) is 7.22. The Bertz CT molecular complexity index is 73.6. The molecule has 0 amide bonds. The second-order valence-electron chi connectivity index (χ2n) is 3.43. The third-order valence-electron chi connectivity index (χ3n) is 1.81. The van der Waals surface area contributed by atoms with Crippen LogP contribution in [0.3, 0.4) is 0 Å². The maximum atomic E-state index is 2.51. The van der Waals surface area contributed by atoms with E-state index in [1.807, 2.05) is 0 Å². The van der Waals surface area contributed by atoms with Crippen molar-refractivity contribution in [2.24, 2.45) is 0 Å². The molecule has 0 aliphatic heterocycles. The van der Waals surface area contributed by atoms with Gasteiger partial charge in [-0.3, -0.25) is 4.90 Å². The zero-order valence-electron chi connectivity index (χ0n) is 9.02. The van der Waals surface area contributed by atoms with E-state index in [-0.39, 0.29) is 18.9 Å². The van der Waals surface area contributed by atoms with Crippen LogP contribution < -0.4 is 0 Å². The molecular weight excluding hydrogens is 129 g/mol. The van der Waals surface area contributed by atoms with Crippen molar-refractivity contribution in [1.82, 2.24) is 4.90 Å². The first-order valence-corrected chi connectivity index (χ1v) is 4.35. The van der Waals surface area contributed by atoms with Gasteiger partial charge in [-0.25, -0.2) is 0 Å². The van der Waals surface area contributed by atoms with Crippen LogP contribution in [0.25, 0.3) is 0 Å². The Labute approximate surface area is 83.7 Å². The van der Waals surface area contributed by atoms with Gasteiger partial charge < -0.3 is 0 Å². The van der Waals surface area contributed by atoms with Crippen molar-refractivity contribution in [3.05, 3.63) is 0 Å². The van der Waals surface area contributed by atoms with Crippen LogP contribution in [-0.2, 0) is 0 Å².